The highest BCUT2D eigenvalue weighted by Crippen LogP contribution is 2.19. The minimum atomic E-state index is -1.04. The zero-order valence-corrected chi connectivity index (χ0v) is 15.0. The standard InChI is InChI=1S/C18H16BrF2NO3/c1-2-16(11-3-5-12(19)6-4-11)22-17(23)10-25-18(24)14-8-7-13(20)9-15(14)21/h3-9,16H,2,10H2,1H3,(H,22,23)/t16-/m1/s1. The molecule has 1 atom stereocenters. The third-order valence-electron chi connectivity index (χ3n) is 3.50. The van der Waals surface area contributed by atoms with Gasteiger partial charge in [0.25, 0.3) is 5.91 Å². The molecule has 0 unspecified atom stereocenters. The van der Waals surface area contributed by atoms with Crippen LogP contribution in [0.25, 0.3) is 0 Å². The molecule has 2 aromatic rings. The zero-order valence-electron chi connectivity index (χ0n) is 13.4. The highest BCUT2D eigenvalue weighted by atomic mass is 79.9. The largest absolute Gasteiger partial charge is 0.452 e. The van der Waals surface area contributed by atoms with Crippen molar-refractivity contribution in [2.45, 2.75) is 19.4 Å². The maximum Gasteiger partial charge on any atom is 0.341 e. The number of esters is 1. The number of rotatable bonds is 6. The van der Waals surface area contributed by atoms with Crippen LogP contribution in [0.5, 0.6) is 0 Å². The highest BCUT2D eigenvalue weighted by Gasteiger charge is 2.17. The van der Waals surface area contributed by atoms with E-state index in [0.29, 0.717) is 12.5 Å². The van der Waals surface area contributed by atoms with Gasteiger partial charge in [0.1, 0.15) is 11.6 Å². The lowest BCUT2D eigenvalue weighted by atomic mass is 10.0. The fourth-order valence-electron chi connectivity index (χ4n) is 2.22. The number of carbonyl (C=O) groups excluding carboxylic acids is 2. The van der Waals surface area contributed by atoms with Crippen LogP contribution < -0.4 is 5.32 Å². The Labute approximate surface area is 152 Å². The number of hydrogen-bond donors (Lipinski definition) is 1. The molecule has 4 nitrogen and oxygen atoms in total. The second kappa shape index (κ2) is 8.71. The molecule has 0 aromatic heterocycles. The molecule has 0 aliphatic carbocycles. The van der Waals surface area contributed by atoms with Crippen molar-refractivity contribution in [1.29, 1.82) is 0 Å². The van der Waals surface area contributed by atoms with Crippen LogP contribution in [-0.2, 0) is 9.53 Å². The molecule has 0 heterocycles. The summed E-state index contributed by atoms with van der Waals surface area (Å²) in [6.07, 6.45) is 0.647. The summed E-state index contributed by atoms with van der Waals surface area (Å²) in [6.45, 7) is 1.36. The quantitative estimate of drug-likeness (QED) is 0.726. The van der Waals surface area contributed by atoms with Gasteiger partial charge < -0.3 is 10.1 Å². The molecule has 0 radical (unpaired) electrons. The van der Waals surface area contributed by atoms with Gasteiger partial charge in [0, 0.05) is 10.5 Å². The van der Waals surface area contributed by atoms with Gasteiger partial charge in [-0.3, -0.25) is 4.79 Å². The second-order valence-corrected chi connectivity index (χ2v) is 6.20. The van der Waals surface area contributed by atoms with Crippen LogP contribution >= 0.6 is 15.9 Å². The third-order valence-corrected chi connectivity index (χ3v) is 4.03. The van der Waals surface area contributed by atoms with Gasteiger partial charge in [-0.25, -0.2) is 13.6 Å². The first-order valence-corrected chi connectivity index (χ1v) is 8.37. The van der Waals surface area contributed by atoms with Crippen LogP contribution in [0.1, 0.15) is 35.3 Å². The minimum absolute atomic E-state index is 0.234. The summed E-state index contributed by atoms with van der Waals surface area (Å²) < 4.78 is 32.0. The summed E-state index contributed by atoms with van der Waals surface area (Å²) in [5.41, 5.74) is 0.490. The first kappa shape index (κ1) is 19.1. The lowest BCUT2D eigenvalue weighted by molar-refractivity contribution is -0.125. The van der Waals surface area contributed by atoms with Gasteiger partial charge in [0.05, 0.1) is 11.6 Å². The Morgan fingerprint density at radius 2 is 1.84 bits per heavy atom. The molecule has 0 bridgehead atoms. The van der Waals surface area contributed by atoms with Gasteiger partial charge in [-0.05, 0) is 36.2 Å². The Hall–Kier alpha value is -2.28. The minimum Gasteiger partial charge on any atom is -0.452 e. The van der Waals surface area contributed by atoms with Crippen molar-refractivity contribution >= 4 is 27.8 Å². The average Bonchev–Trinajstić information content (AvgIpc) is 2.58. The predicted octanol–water partition coefficient (Wildman–Crippen LogP) is 4.15. The molecule has 2 rings (SSSR count). The van der Waals surface area contributed by atoms with Crippen LogP contribution in [0.2, 0.25) is 0 Å². The van der Waals surface area contributed by atoms with E-state index in [1.807, 2.05) is 31.2 Å². The first-order valence-electron chi connectivity index (χ1n) is 7.57. The van der Waals surface area contributed by atoms with Crippen molar-refractivity contribution in [3.63, 3.8) is 0 Å². The van der Waals surface area contributed by atoms with E-state index in [-0.39, 0.29) is 6.04 Å². The molecule has 0 aliphatic heterocycles. The average molecular weight is 412 g/mol. The molecule has 1 N–H and O–H groups in total. The fourth-order valence-corrected chi connectivity index (χ4v) is 2.48. The summed E-state index contributed by atoms with van der Waals surface area (Å²) in [4.78, 5) is 23.8. The Balaban J connectivity index is 1.92. The van der Waals surface area contributed by atoms with E-state index >= 15 is 0 Å². The van der Waals surface area contributed by atoms with Gasteiger partial charge >= 0.3 is 5.97 Å². The van der Waals surface area contributed by atoms with Crippen LogP contribution in [0, 0.1) is 11.6 Å². The van der Waals surface area contributed by atoms with Crippen LogP contribution in [0.4, 0.5) is 8.78 Å². The van der Waals surface area contributed by atoms with Gasteiger partial charge in [0.2, 0.25) is 0 Å². The zero-order chi connectivity index (χ0) is 18.4. The summed E-state index contributed by atoms with van der Waals surface area (Å²) in [6, 6.07) is 9.74. The van der Waals surface area contributed by atoms with Crippen molar-refractivity contribution in [2.75, 3.05) is 6.61 Å². The Morgan fingerprint density at radius 3 is 2.44 bits per heavy atom. The number of halogens is 3. The molecule has 7 heteroatoms. The van der Waals surface area contributed by atoms with Crippen LogP contribution in [-0.4, -0.2) is 18.5 Å². The van der Waals surface area contributed by atoms with E-state index in [9.17, 15) is 18.4 Å². The maximum atomic E-state index is 13.5. The number of benzene rings is 2. The van der Waals surface area contributed by atoms with E-state index in [4.69, 9.17) is 4.74 Å². The highest BCUT2D eigenvalue weighted by molar-refractivity contribution is 9.10. The fraction of sp³-hybridized carbons (Fsp3) is 0.222. The van der Waals surface area contributed by atoms with E-state index in [2.05, 4.69) is 21.2 Å². The molecule has 25 heavy (non-hydrogen) atoms. The number of carbonyl (C=O) groups is 2. The Morgan fingerprint density at radius 1 is 1.16 bits per heavy atom. The van der Waals surface area contributed by atoms with Gasteiger partial charge in [-0.2, -0.15) is 0 Å². The number of ether oxygens (including phenoxy) is 1. The molecule has 0 aliphatic rings. The molecule has 0 spiro atoms. The summed E-state index contributed by atoms with van der Waals surface area (Å²) in [5, 5.41) is 2.75. The number of amides is 1. The second-order valence-electron chi connectivity index (χ2n) is 5.28. The Kier molecular flexibility index (Phi) is 6.64. The van der Waals surface area contributed by atoms with Crippen molar-refractivity contribution < 1.29 is 23.1 Å². The van der Waals surface area contributed by atoms with Crippen molar-refractivity contribution in [3.8, 4) is 0 Å². The van der Waals surface area contributed by atoms with E-state index < -0.39 is 35.7 Å². The van der Waals surface area contributed by atoms with Gasteiger partial charge in [-0.1, -0.05) is 35.0 Å². The van der Waals surface area contributed by atoms with E-state index in [0.717, 1.165) is 22.2 Å². The molecule has 0 saturated carbocycles. The molecule has 0 fully saturated rings. The summed E-state index contributed by atoms with van der Waals surface area (Å²) >= 11 is 3.34. The topological polar surface area (TPSA) is 55.4 Å². The monoisotopic (exact) mass is 411 g/mol. The number of hydrogen-bond acceptors (Lipinski definition) is 3. The predicted molar refractivity (Wildman–Crippen MR) is 92.0 cm³/mol. The lowest BCUT2D eigenvalue weighted by Crippen LogP contribution is -2.32. The molecular formula is C18H16BrF2NO3. The van der Waals surface area contributed by atoms with E-state index in [1.54, 1.807) is 0 Å². The normalized spacial score (nSPS) is 11.7. The maximum absolute atomic E-state index is 13.5. The van der Waals surface area contributed by atoms with Crippen LogP contribution in [0.3, 0.4) is 0 Å². The molecule has 132 valence electrons. The molecule has 0 saturated heterocycles. The van der Waals surface area contributed by atoms with Crippen LogP contribution in [0.15, 0.2) is 46.9 Å². The SMILES string of the molecule is CC[C@@H](NC(=O)COC(=O)c1ccc(F)cc1F)c1ccc(Br)cc1. The smallest absolute Gasteiger partial charge is 0.341 e. The summed E-state index contributed by atoms with van der Waals surface area (Å²) in [7, 11) is 0. The first-order chi connectivity index (χ1) is 11.9. The number of nitrogens with one attached hydrogen (secondary N) is 1. The molecular weight excluding hydrogens is 396 g/mol. The van der Waals surface area contributed by atoms with Crippen molar-refractivity contribution in [1.82, 2.24) is 5.32 Å². The molecule has 2 aromatic carbocycles. The lowest BCUT2D eigenvalue weighted by Gasteiger charge is -2.17. The molecule has 1 amide bonds. The van der Waals surface area contributed by atoms with Crippen molar-refractivity contribution in [3.05, 3.63) is 69.7 Å². The third kappa shape index (κ3) is 5.35. The van der Waals surface area contributed by atoms with Gasteiger partial charge in [-0.15, -0.1) is 0 Å². The Bertz CT molecular complexity index is 765. The van der Waals surface area contributed by atoms with Gasteiger partial charge in [0.15, 0.2) is 6.61 Å². The summed E-state index contributed by atoms with van der Waals surface area (Å²) in [5.74, 6) is -3.37. The van der Waals surface area contributed by atoms with E-state index in [1.165, 1.54) is 0 Å². The van der Waals surface area contributed by atoms with Crippen molar-refractivity contribution in [2.24, 2.45) is 0 Å².